The molecule has 0 radical (unpaired) electrons. The summed E-state index contributed by atoms with van der Waals surface area (Å²) in [4.78, 5) is 4.85. The van der Waals surface area contributed by atoms with Crippen molar-refractivity contribution < 1.29 is 0 Å². The monoisotopic (exact) mass is 263 g/mol. The first-order chi connectivity index (χ1) is 9.19. The van der Waals surface area contributed by atoms with Crippen molar-refractivity contribution in [2.45, 2.75) is 72.1 Å². The van der Waals surface area contributed by atoms with E-state index in [9.17, 15) is 0 Å². The lowest BCUT2D eigenvalue weighted by Gasteiger charge is -2.42. The van der Waals surface area contributed by atoms with Crippen LogP contribution < -0.4 is 0 Å². The van der Waals surface area contributed by atoms with Gasteiger partial charge in [-0.25, -0.2) is 0 Å². The Kier molecular flexibility index (Phi) is 5.47. The van der Waals surface area contributed by atoms with Crippen LogP contribution in [0.1, 0.15) is 72.1 Å². The van der Waals surface area contributed by atoms with Crippen LogP contribution in [0.5, 0.6) is 0 Å². The zero-order chi connectivity index (χ0) is 13.8. The highest BCUT2D eigenvalue weighted by molar-refractivity contribution is 5.89. The number of rotatable bonds is 3. The normalized spacial score (nSPS) is 41.3. The fourth-order valence-corrected chi connectivity index (χ4v) is 4.83. The van der Waals surface area contributed by atoms with E-state index < -0.39 is 0 Å². The van der Waals surface area contributed by atoms with Gasteiger partial charge >= 0.3 is 0 Å². The summed E-state index contributed by atoms with van der Waals surface area (Å²) in [6.07, 6.45) is 11.3. The van der Waals surface area contributed by atoms with E-state index in [1.54, 1.807) is 5.71 Å². The summed E-state index contributed by atoms with van der Waals surface area (Å²) in [5.41, 5.74) is 1.60. The van der Waals surface area contributed by atoms with Crippen LogP contribution in [0.15, 0.2) is 4.99 Å². The SMILES string of the molecule is CCC1CCCC(C)C1C(=NC)C1CCCCC1C. The van der Waals surface area contributed by atoms with Gasteiger partial charge in [0.1, 0.15) is 0 Å². The van der Waals surface area contributed by atoms with Crippen LogP contribution in [-0.4, -0.2) is 12.8 Å². The van der Waals surface area contributed by atoms with Gasteiger partial charge in [-0.2, -0.15) is 0 Å². The summed E-state index contributed by atoms with van der Waals surface area (Å²) in [6.45, 7) is 7.32. The summed E-state index contributed by atoms with van der Waals surface area (Å²) in [5.74, 6) is 4.19. The lowest BCUT2D eigenvalue weighted by Crippen LogP contribution is -2.39. The van der Waals surface area contributed by atoms with Crippen LogP contribution in [0.2, 0.25) is 0 Å². The molecule has 0 N–H and O–H groups in total. The fraction of sp³-hybridized carbons (Fsp3) is 0.944. The first kappa shape index (κ1) is 15.1. The highest BCUT2D eigenvalue weighted by atomic mass is 14.7. The largest absolute Gasteiger partial charge is 0.297 e. The van der Waals surface area contributed by atoms with Gasteiger partial charge in [0.25, 0.3) is 0 Å². The van der Waals surface area contributed by atoms with Crippen molar-refractivity contribution in [2.75, 3.05) is 7.05 Å². The molecule has 5 atom stereocenters. The van der Waals surface area contributed by atoms with Gasteiger partial charge in [-0.15, -0.1) is 0 Å². The molecule has 2 aliphatic rings. The number of aliphatic imine (C=N–C) groups is 1. The highest BCUT2D eigenvalue weighted by Gasteiger charge is 2.38. The van der Waals surface area contributed by atoms with Gasteiger partial charge in [-0.1, -0.05) is 59.3 Å². The molecule has 2 rings (SSSR count). The van der Waals surface area contributed by atoms with E-state index in [-0.39, 0.29) is 0 Å². The van der Waals surface area contributed by atoms with Crippen molar-refractivity contribution >= 4 is 5.71 Å². The Morgan fingerprint density at radius 2 is 1.63 bits per heavy atom. The maximum Gasteiger partial charge on any atom is 0.0276 e. The van der Waals surface area contributed by atoms with Crippen LogP contribution >= 0.6 is 0 Å². The third-order valence-corrected chi connectivity index (χ3v) is 5.97. The average Bonchev–Trinajstić information content (AvgIpc) is 2.43. The Bertz CT molecular complexity index is 307. The molecule has 1 nitrogen and oxygen atoms in total. The van der Waals surface area contributed by atoms with E-state index in [0.29, 0.717) is 0 Å². The van der Waals surface area contributed by atoms with Crippen molar-refractivity contribution in [3.8, 4) is 0 Å². The second-order valence-electron chi connectivity index (χ2n) is 7.12. The average molecular weight is 263 g/mol. The molecule has 2 fully saturated rings. The summed E-state index contributed by atoms with van der Waals surface area (Å²) in [7, 11) is 2.06. The van der Waals surface area contributed by atoms with Gasteiger partial charge in [-0.05, 0) is 36.5 Å². The molecule has 0 saturated heterocycles. The first-order valence-corrected chi connectivity index (χ1v) is 8.65. The summed E-state index contributed by atoms with van der Waals surface area (Å²) in [6, 6.07) is 0. The van der Waals surface area contributed by atoms with Crippen molar-refractivity contribution in [2.24, 2.45) is 34.6 Å². The van der Waals surface area contributed by atoms with E-state index in [2.05, 4.69) is 27.8 Å². The van der Waals surface area contributed by atoms with Crippen LogP contribution in [0, 0.1) is 29.6 Å². The standard InChI is InChI=1S/C18H33N/c1-5-15-11-8-10-14(3)17(15)18(19-4)16-12-7-6-9-13(16)2/h13-17H,5-12H2,1-4H3. The Morgan fingerprint density at radius 1 is 0.947 bits per heavy atom. The molecule has 0 amide bonds. The van der Waals surface area contributed by atoms with E-state index in [1.165, 1.54) is 51.4 Å². The van der Waals surface area contributed by atoms with Gasteiger partial charge in [0, 0.05) is 18.7 Å². The van der Waals surface area contributed by atoms with Crippen molar-refractivity contribution in [3.63, 3.8) is 0 Å². The summed E-state index contributed by atoms with van der Waals surface area (Å²) in [5, 5.41) is 0. The van der Waals surface area contributed by atoms with Crippen LogP contribution in [0.4, 0.5) is 0 Å². The molecule has 0 aromatic heterocycles. The molecular formula is C18H33N. The van der Waals surface area contributed by atoms with E-state index in [4.69, 9.17) is 4.99 Å². The Labute approximate surface area is 120 Å². The number of hydrogen-bond acceptors (Lipinski definition) is 1. The second kappa shape index (κ2) is 6.90. The number of nitrogens with zero attached hydrogens (tertiary/aromatic N) is 1. The van der Waals surface area contributed by atoms with Gasteiger partial charge in [-0.3, -0.25) is 4.99 Å². The van der Waals surface area contributed by atoms with E-state index in [0.717, 1.165) is 29.6 Å². The molecule has 110 valence electrons. The van der Waals surface area contributed by atoms with Crippen molar-refractivity contribution in [1.82, 2.24) is 0 Å². The van der Waals surface area contributed by atoms with E-state index in [1.807, 2.05) is 0 Å². The third-order valence-electron chi connectivity index (χ3n) is 5.97. The molecule has 0 aliphatic heterocycles. The molecule has 0 bridgehead atoms. The minimum atomic E-state index is 0.786. The maximum atomic E-state index is 4.85. The Balaban J connectivity index is 2.18. The molecule has 1 heteroatoms. The van der Waals surface area contributed by atoms with Gasteiger partial charge in [0.05, 0.1) is 0 Å². The lowest BCUT2D eigenvalue weighted by molar-refractivity contribution is 0.203. The second-order valence-corrected chi connectivity index (χ2v) is 7.12. The van der Waals surface area contributed by atoms with Crippen LogP contribution in [0.3, 0.4) is 0 Å². The van der Waals surface area contributed by atoms with Crippen LogP contribution in [-0.2, 0) is 0 Å². The number of hydrogen-bond donors (Lipinski definition) is 0. The molecule has 0 aromatic rings. The van der Waals surface area contributed by atoms with E-state index >= 15 is 0 Å². The first-order valence-electron chi connectivity index (χ1n) is 8.65. The molecule has 19 heavy (non-hydrogen) atoms. The summed E-state index contributed by atoms with van der Waals surface area (Å²) < 4.78 is 0. The molecule has 2 saturated carbocycles. The summed E-state index contributed by atoms with van der Waals surface area (Å²) >= 11 is 0. The van der Waals surface area contributed by atoms with Gasteiger partial charge < -0.3 is 0 Å². The zero-order valence-corrected chi connectivity index (χ0v) is 13.5. The van der Waals surface area contributed by atoms with Crippen LogP contribution in [0.25, 0.3) is 0 Å². The fourth-order valence-electron chi connectivity index (χ4n) is 4.83. The third kappa shape index (κ3) is 3.23. The van der Waals surface area contributed by atoms with Crippen molar-refractivity contribution in [3.05, 3.63) is 0 Å². The van der Waals surface area contributed by atoms with Crippen molar-refractivity contribution in [1.29, 1.82) is 0 Å². The minimum absolute atomic E-state index is 0.786. The molecule has 5 unspecified atom stereocenters. The zero-order valence-electron chi connectivity index (χ0n) is 13.5. The maximum absolute atomic E-state index is 4.85. The van der Waals surface area contributed by atoms with Gasteiger partial charge in [0.2, 0.25) is 0 Å². The Morgan fingerprint density at radius 3 is 2.26 bits per heavy atom. The topological polar surface area (TPSA) is 12.4 Å². The quantitative estimate of drug-likeness (QED) is 0.609. The lowest BCUT2D eigenvalue weighted by atomic mass is 9.64. The molecular weight excluding hydrogens is 230 g/mol. The smallest absolute Gasteiger partial charge is 0.0276 e. The van der Waals surface area contributed by atoms with Gasteiger partial charge in [0.15, 0.2) is 0 Å². The predicted molar refractivity (Wildman–Crippen MR) is 84.8 cm³/mol. The molecule has 2 aliphatic carbocycles. The minimum Gasteiger partial charge on any atom is -0.297 e. The molecule has 0 heterocycles. The molecule has 0 spiro atoms. The predicted octanol–water partition coefficient (Wildman–Crippen LogP) is 5.35. The Hall–Kier alpha value is -0.330. The molecule has 0 aromatic carbocycles. The highest BCUT2D eigenvalue weighted by Crippen LogP contribution is 2.42.